The minimum atomic E-state index is -0.635. The van der Waals surface area contributed by atoms with Crippen LogP contribution in [0.5, 0.6) is 5.75 Å². The molecule has 0 amide bonds. The molecule has 4 heterocycles. The van der Waals surface area contributed by atoms with Crippen molar-refractivity contribution in [3.8, 4) is 16.9 Å². The third kappa shape index (κ3) is 4.40. The molecule has 2 fully saturated rings. The Kier molecular flexibility index (Phi) is 6.18. The van der Waals surface area contributed by atoms with Crippen molar-refractivity contribution >= 4 is 29.0 Å². The quantitative estimate of drug-likeness (QED) is 0.463. The number of nitrogens with two attached hydrogens (primary N) is 1. The number of nitrogens with zero attached hydrogens (tertiary/aromatic N) is 3. The molecule has 3 aromatic rings. The summed E-state index contributed by atoms with van der Waals surface area (Å²) in [6.07, 6.45) is 5.98. The fourth-order valence-corrected chi connectivity index (χ4v) is 5.38. The first-order chi connectivity index (χ1) is 15.9. The molecule has 0 saturated carbocycles. The Balaban J connectivity index is 1.36. The molecule has 33 heavy (non-hydrogen) atoms. The average Bonchev–Trinajstić information content (AvgIpc) is 3.47. The van der Waals surface area contributed by atoms with Gasteiger partial charge in [0.25, 0.3) is 0 Å². The molecule has 7 nitrogen and oxygen atoms in total. The number of benzene rings is 1. The molecule has 2 aromatic heterocycles. The average molecular weight is 491 g/mol. The predicted octanol–water partition coefficient (Wildman–Crippen LogP) is 4.24. The van der Waals surface area contributed by atoms with Crippen LogP contribution in [-0.4, -0.2) is 40.4 Å². The topological polar surface area (TPSA) is 90.0 Å². The number of aromatic nitrogens is 3. The molecule has 0 bridgehead atoms. The number of nitrogen functional groups attached to an aromatic ring is 1. The second-order valence-corrected chi connectivity index (χ2v) is 9.44. The zero-order valence-corrected chi connectivity index (χ0v) is 19.6. The summed E-state index contributed by atoms with van der Waals surface area (Å²) in [6, 6.07) is 5.33. The van der Waals surface area contributed by atoms with E-state index in [0.717, 1.165) is 37.2 Å². The van der Waals surface area contributed by atoms with E-state index in [2.05, 4.69) is 20.7 Å². The first-order valence-electron chi connectivity index (χ1n) is 10.9. The summed E-state index contributed by atoms with van der Waals surface area (Å²) in [6.45, 7) is 4.71. The predicted molar refractivity (Wildman–Crippen MR) is 127 cm³/mol. The number of halogens is 3. The second kappa shape index (κ2) is 9.10. The van der Waals surface area contributed by atoms with Crippen LogP contribution in [0.2, 0.25) is 10.0 Å². The van der Waals surface area contributed by atoms with Gasteiger partial charge in [-0.1, -0.05) is 23.2 Å². The Morgan fingerprint density at radius 1 is 1.21 bits per heavy atom. The number of anilines is 1. The van der Waals surface area contributed by atoms with Crippen LogP contribution in [0.15, 0.2) is 36.8 Å². The van der Waals surface area contributed by atoms with Crippen molar-refractivity contribution in [3.63, 3.8) is 0 Å². The zero-order valence-electron chi connectivity index (χ0n) is 18.1. The van der Waals surface area contributed by atoms with E-state index in [1.165, 1.54) is 12.1 Å². The third-order valence-corrected chi connectivity index (χ3v) is 7.22. The number of hydrogen-bond donors (Lipinski definition) is 3. The summed E-state index contributed by atoms with van der Waals surface area (Å²) in [5.41, 5.74) is 8.15. The van der Waals surface area contributed by atoms with Crippen molar-refractivity contribution < 1.29 is 9.13 Å². The molecule has 0 aliphatic carbocycles. The van der Waals surface area contributed by atoms with Gasteiger partial charge in [0.2, 0.25) is 0 Å². The second-order valence-electron chi connectivity index (χ2n) is 8.66. The number of nitrogens with one attached hydrogen (secondary N) is 2. The van der Waals surface area contributed by atoms with Crippen LogP contribution < -0.4 is 21.1 Å². The molecule has 3 unspecified atom stereocenters. The highest BCUT2D eigenvalue weighted by molar-refractivity contribution is 6.36. The van der Waals surface area contributed by atoms with E-state index in [4.69, 9.17) is 33.7 Å². The molecule has 5 rings (SSSR count). The molecule has 0 spiro atoms. The molecule has 4 atom stereocenters. The third-order valence-electron chi connectivity index (χ3n) is 6.51. The van der Waals surface area contributed by atoms with Crippen LogP contribution >= 0.6 is 23.2 Å². The fourth-order valence-electron chi connectivity index (χ4n) is 4.70. The van der Waals surface area contributed by atoms with Gasteiger partial charge in [-0.05, 0) is 44.0 Å². The summed E-state index contributed by atoms with van der Waals surface area (Å²) >= 11 is 12.4. The van der Waals surface area contributed by atoms with Gasteiger partial charge >= 0.3 is 0 Å². The smallest absolute Gasteiger partial charge is 0.166 e. The minimum absolute atomic E-state index is 0.0697. The Morgan fingerprint density at radius 2 is 2.06 bits per heavy atom. The van der Waals surface area contributed by atoms with Crippen molar-refractivity contribution in [1.29, 1.82) is 0 Å². The lowest BCUT2D eigenvalue weighted by atomic mass is 9.91. The number of ether oxygens (including phenoxy) is 1. The maximum Gasteiger partial charge on any atom is 0.166 e. The van der Waals surface area contributed by atoms with Gasteiger partial charge in [0.1, 0.15) is 11.9 Å². The number of rotatable bonds is 5. The van der Waals surface area contributed by atoms with E-state index < -0.39 is 11.9 Å². The van der Waals surface area contributed by atoms with Gasteiger partial charge in [0, 0.05) is 53.2 Å². The van der Waals surface area contributed by atoms with Gasteiger partial charge in [-0.15, -0.1) is 0 Å². The van der Waals surface area contributed by atoms with Gasteiger partial charge in [0.15, 0.2) is 11.6 Å². The standard InChI is InChI=1S/C23H25Cl2FN6O/c1-12(21-17(24)2-3-18(26)22(21)25)33-20-5-13(7-30-23(20)27)15-8-31-32(11-15)16-4-14-6-28-10-19(14)29-9-16/h2-3,5,7-8,11-12,14,16,19,28-29H,4,6,9-10H2,1H3,(H2,27,30)/t12-,14?,16?,19?/m1/s1. The van der Waals surface area contributed by atoms with Crippen LogP contribution in [0.25, 0.3) is 11.1 Å². The molecule has 0 radical (unpaired) electrons. The number of fused-ring (bicyclic) bond motifs is 1. The molecule has 4 N–H and O–H groups in total. The van der Waals surface area contributed by atoms with E-state index in [-0.39, 0.29) is 10.8 Å². The highest BCUT2D eigenvalue weighted by Crippen LogP contribution is 2.37. The summed E-state index contributed by atoms with van der Waals surface area (Å²) in [4.78, 5) is 4.28. The van der Waals surface area contributed by atoms with Crippen LogP contribution in [0.4, 0.5) is 10.2 Å². The minimum Gasteiger partial charge on any atom is -0.482 e. The van der Waals surface area contributed by atoms with Crippen molar-refractivity contribution in [1.82, 2.24) is 25.4 Å². The summed E-state index contributed by atoms with van der Waals surface area (Å²) in [7, 11) is 0. The summed E-state index contributed by atoms with van der Waals surface area (Å²) in [5, 5.41) is 11.9. The largest absolute Gasteiger partial charge is 0.482 e. The van der Waals surface area contributed by atoms with Crippen LogP contribution in [0.3, 0.4) is 0 Å². The Labute approximate surface area is 201 Å². The molecular weight excluding hydrogens is 466 g/mol. The molecule has 2 aliphatic heterocycles. The Morgan fingerprint density at radius 3 is 2.91 bits per heavy atom. The van der Waals surface area contributed by atoms with Gasteiger partial charge in [-0.25, -0.2) is 9.37 Å². The highest BCUT2D eigenvalue weighted by atomic mass is 35.5. The van der Waals surface area contributed by atoms with E-state index >= 15 is 0 Å². The normalized spacial score (nSPS) is 23.3. The first-order valence-corrected chi connectivity index (χ1v) is 11.7. The summed E-state index contributed by atoms with van der Waals surface area (Å²) < 4.78 is 22.0. The highest BCUT2D eigenvalue weighted by Gasteiger charge is 2.34. The first kappa shape index (κ1) is 22.4. The lowest BCUT2D eigenvalue weighted by molar-refractivity contribution is 0.227. The molecule has 174 valence electrons. The SMILES string of the molecule is C[C@@H](Oc1cc(-c2cnn(C3CNC4CNCC4C3)c2)cnc1N)c1c(Cl)ccc(F)c1Cl. The Hall–Kier alpha value is -2.39. The van der Waals surface area contributed by atoms with Crippen molar-refractivity contribution in [2.24, 2.45) is 5.92 Å². The maximum atomic E-state index is 14.0. The fraction of sp³-hybridized carbons (Fsp3) is 0.391. The maximum absolute atomic E-state index is 14.0. The molecular formula is C23H25Cl2FN6O. The van der Waals surface area contributed by atoms with E-state index in [9.17, 15) is 4.39 Å². The van der Waals surface area contributed by atoms with Crippen LogP contribution in [0, 0.1) is 11.7 Å². The van der Waals surface area contributed by atoms with Crippen LogP contribution in [0.1, 0.15) is 31.1 Å². The lowest BCUT2D eigenvalue weighted by Crippen LogP contribution is -2.45. The number of pyridine rings is 1. The van der Waals surface area contributed by atoms with Crippen molar-refractivity contribution in [2.45, 2.75) is 31.5 Å². The molecule has 10 heteroatoms. The molecule has 1 aromatic carbocycles. The Bertz CT molecular complexity index is 1170. The number of hydrogen-bond acceptors (Lipinski definition) is 6. The van der Waals surface area contributed by atoms with E-state index in [1.54, 1.807) is 19.2 Å². The monoisotopic (exact) mass is 490 g/mol. The number of piperidine rings is 1. The molecule has 2 aliphatic rings. The summed E-state index contributed by atoms with van der Waals surface area (Å²) in [5.74, 6) is 0.648. The lowest BCUT2D eigenvalue weighted by Gasteiger charge is -2.32. The van der Waals surface area contributed by atoms with Gasteiger partial charge in [-0.3, -0.25) is 4.68 Å². The van der Waals surface area contributed by atoms with E-state index in [1.807, 2.05) is 17.1 Å². The van der Waals surface area contributed by atoms with Crippen LogP contribution in [-0.2, 0) is 0 Å². The van der Waals surface area contributed by atoms with E-state index in [0.29, 0.717) is 34.3 Å². The van der Waals surface area contributed by atoms with Gasteiger partial charge < -0.3 is 21.1 Å². The van der Waals surface area contributed by atoms with Gasteiger partial charge in [-0.2, -0.15) is 5.10 Å². The molecule has 2 saturated heterocycles. The van der Waals surface area contributed by atoms with Gasteiger partial charge in [0.05, 0.1) is 17.3 Å². The van der Waals surface area contributed by atoms with Crippen molar-refractivity contribution in [2.75, 3.05) is 25.4 Å². The zero-order chi connectivity index (χ0) is 23.1. The van der Waals surface area contributed by atoms with Crippen molar-refractivity contribution in [3.05, 3.63) is 58.2 Å².